The zero-order valence-corrected chi connectivity index (χ0v) is 23.4. The molecule has 0 spiro atoms. The van der Waals surface area contributed by atoms with Crippen molar-refractivity contribution in [1.82, 2.24) is 0 Å². The fraction of sp³-hybridized carbons (Fsp3) is 0.588. The zero-order valence-electron chi connectivity index (χ0n) is 23.4. The van der Waals surface area contributed by atoms with Gasteiger partial charge in [0.15, 0.2) is 0 Å². The van der Waals surface area contributed by atoms with Crippen molar-refractivity contribution in [2.45, 2.75) is 91.3 Å². The third kappa shape index (κ3) is 4.19. The van der Waals surface area contributed by atoms with E-state index in [-0.39, 0.29) is 40.9 Å². The predicted octanol–water partition coefficient (Wildman–Crippen LogP) is 7.95. The lowest BCUT2D eigenvalue weighted by Crippen LogP contribution is -2.51. The number of hydrogen-bond acceptors (Lipinski definition) is 4. The van der Waals surface area contributed by atoms with Crippen LogP contribution in [0.1, 0.15) is 90.7 Å². The average molecular weight is 515 g/mol. The fourth-order valence-electron chi connectivity index (χ4n) is 9.14. The lowest BCUT2D eigenvalue weighted by molar-refractivity contribution is -0.161. The second kappa shape index (κ2) is 9.54. The van der Waals surface area contributed by atoms with Gasteiger partial charge in [-0.25, -0.2) is 0 Å². The van der Waals surface area contributed by atoms with Crippen molar-refractivity contribution in [3.8, 4) is 0 Å². The number of rotatable bonds is 4. The Bertz CT molecular complexity index is 1280. The van der Waals surface area contributed by atoms with Crippen LogP contribution in [0.25, 0.3) is 10.8 Å². The van der Waals surface area contributed by atoms with Crippen molar-refractivity contribution in [1.29, 1.82) is 0 Å². The van der Waals surface area contributed by atoms with E-state index in [9.17, 15) is 9.59 Å². The first-order chi connectivity index (χ1) is 18.2. The molecule has 0 saturated heterocycles. The summed E-state index contributed by atoms with van der Waals surface area (Å²) in [5.74, 6) is 1.66. The normalized spacial score (nSPS) is 36.8. The summed E-state index contributed by atoms with van der Waals surface area (Å²) in [5, 5.41) is 2.38. The molecule has 2 aromatic rings. The summed E-state index contributed by atoms with van der Waals surface area (Å²) in [7, 11) is 0. The van der Waals surface area contributed by atoms with Gasteiger partial charge in [-0.2, -0.15) is 0 Å². The molecule has 202 valence electrons. The summed E-state index contributed by atoms with van der Waals surface area (Å²) < 4.78 is 11.8. The highest BCUT2D eigenvalue weighted by Crippen LogP contribution is 2.66. The van der Waals surface area contributed by atoms with Gasteiger partial charge in [-0.15, -0.1) is 0 Å². The lowest BCUT2D eigenvalue weighted by atomic mass is 9.47. The number of fused-ring (bicyclic) bond motifs is 6. The minimum Gasteiger partial charge on any atom is -0.462 e. The van der Waals surface area contributed by atoms with Gasteiger partial charge in [0, 0.05) is 13.3 Å². The van der Waals surface area contributed by atoms with E-state index in [1.807, 2.05) is 13.0 Å². The van der Waals surface area contributed by atoms with Crippen LogP contribution in [0.3, 0.4) is 0 Å². The number of hydrogen-bond donors (Lipinski definition) is 0. The van der Waals surface area contributed by atoms with Gasteiger partial charge >= 0.3 is 11.9 Å². The van der Waals surface area contributed by atoms with Crippen molar-refractivity contribution >= 4 is 22.7 Å². The quantitative estimate of drug-likeness (QED) is 0.307. The van der Waals surface area contributed by atoms with Gasteiger partial charge < -0.3 is 9.47 Å². The molecule has 0 N–H and O–H groups in total. The molecule has 2 aromatic carbocycles. The molecule has 0 aliphatic heterocycles. The molecule has 0 bridgehead atoms. The van der Waals surface area contributed by atoms with Gasteiger partial charge in [0.25, 0.3) is 0 Å². The maximum atomic E-state index is 13.7. The molecule has 0 unspecified atom stereocenters. The van der Waals surface area contributed by atoms with E-state index >= 15 is 0 Å². The molecule has 0 aromatic heterocycles. The van der Waals surface area contributed by atoms with E-state index in [0.29, 0.717) is 17.8 Å². The maximum Gasteiger partial charge on any atom is 0.310 e. The monoisotopic (exact) mass is 514 g/mol. The van der Waals surface area contributed by atoms with Crippen LogP contribution >= 0.6 is 0 Å². The molecule has 4 aliphatic rings. The third-order valence-corrected chi connectivity index (χ3v) is 11.2. The molecule has 3 fully saturated rings. The third-order valence-electron chi connectivity index (χ3n) is 11.2. The Morgan fingerprint density at radius 1 is 0.947 bits per heavy atom. The largest absolute Gasteiger partial charge is 0.462 e. The van der Waals surface area contributed by atoms with Crippen molar-refractivity contribution in [2.75, 3.05) is 0 Å². The summed E-state index contributed by atoms with van der Waals surface area (Å²) in [6.07, 6.45) is 10.6. The van der Waals surface area contributed by atoms with Crippen molar-refractivity contribution < 1.29 is 19.1 Å². The Kier molecular flexibility index (Phi) is 6.44. The maximum absolute atomic E-state index is 13.7. The molecule has 3 saturated carbocycles. The molecule has 4 aliphatic carbocycles. The first kappa shape index (κ1) is 25.6. The van der Waals surface area contributed by atoms with Gasteiger partial charge in [-0.3, -0.25) is 9.59 Å². The smallest absolute Gasteiger partial charge is 0.310 e. The fourth-order valence-corrected chi connectivity index (χ4v) is 9.14. The average Bonchev–Trinajstić information content (AvgIpc) is 3.25. The predicted molar refractivity (Wildman–Crippen MR) is 149 cm³/mol. The topological polar surface area (TPSA) is 52.6 Å². The van der Waals surface area contributed by atoms with E-state index in [4.69, 9.17) is 9.47 Å². The van der Waals surface area contributed by atoms with Crippen molar-refractivity contribution in [3.63, 3.8) is 0 Å². The number of benzene rings is 2. The molecule has 8 atom stereocenters. The summed E-state index contributed by atoms with van der Waals surface area (Å²) >= 11 is 0. The van der Waals surface area contributed by atoms with E-state index in [0.717, 1.165) is 50.5 Å². The Morgan fingerprint density at radius 2 is 1.74 bits per heavy atom. The van der Waals surface area contributed by atoms with E-state index in [2.05, 4.69) is 56.3 Å². The van der Waals surface area contributed by atoms with Gasteiger partial charge in [-0.05, 0) is 103 Å². The number of allylic oxidation sites excluding steroid dienone is 1. The van der Waals surface area contributed by atoms with Crippen LogP contribution in [0.5, 0.6) is 0 Å². The zero-order chi connectivity index (χ0) is 26.7. The van der Waals surface area contributed by atoms with Crippen LogP contribution in [0.15, 0.2) is 54.1 Å². The molecule has 0 amide bonds. The molecular weight excluding hydrogens is 472 g/mol. The van der Waals surface area contributed by atoms with Crippen LogP contribution < -0.4 is 0 Å². The van der Waals surface area contributed by atoms with Crippen LogP contribution in [0.4, 0.5) is 0 Å². The number of carbonyl (C=O) groups is 2. The molecule has 4 heteroatoms. The molecular formula is C34H42O4. The molecule has 0 radical (unpaired) electrons. The number of esters is 2. The highest BCUT2D eigenvalue weighted by Gasteiger charge is 2.60. The van der Waals surface area contributed by atoms with Crippen molar-refractivity contribution in [3.05, 3.63) is 59.7 Å². The van der Waals surface area contributed by atoms with Gasteiger partial charge in [0.2, 0.25) is 0 Å². The van der Waals surface area contributed by atoms with Crippen LogP contribution in [-0.2, 0) is 19.1 Å². The molecule has 6 rings (SSSR count). The SMILES string of the molecule is CC(=O)O[C@H]1CC[C@@]2(C)C(=CC[C@H]3[C@@H]4CC[C@H](C(=O)O[C@@H](C)c5ccc6ccccc6c5)[C@@]4(C)CC[C@@H]32)C1. The van der Waals surface area contributed by atoms with E-state index in [1.165, 1.54) is 29.7 Å². The highest BCUT2D eigenvalue weighted by atomic mass is 16.5. The second-order valence-electron chi connectivity index (χ2n) is 13.1. The minimum absolute atomic E-state index is 0.00532. The Balaban J connectivity index is 1.17. The van der Waals surface area contributed by atoms with E-state index < -0.39 is 0 Å². The standard InChI is InChI=1S/C34H42O4/c1-21(24-10-9-23-7-5-6-8-25(23)19-24)37-32(36)31-14-13-29-28-12-11-26-20-27(38-22(2)35)15-17-33(26,3)30(28)16-18-34(29,31)4/h5-11,19,21,27-31H,12-18,20H2,1-4H3/t21-,27-,28-,29-,30-,31+,33-,34-/m0/s1. The minimum atomic E-state index is -0.252. The van der Waals surface area contributed by atoms with Gasteiger partial charge in [-0.1, -0.05) is 61.9 Å². The second-order valence-corrected chi connectivity index (χ2v) is 13.1. The summed E-state index contributed by atoms with van der Waals surface area (Å²) in [4.78, 5) is 25.2. The number of ether oxygens (including phenoxy) is 2. The summed E-state index contributed by atoms with van der Waals surface area (Å²) in [5.41, 5.74) is 2.78. The summed E-state index contributed by atoms with van der Waals surface area (Å²) in [6.45, 7) is 8.38. The number of carbonyl (C=O) groups excluding carboxylic acids is 2. The van der Waals surface area contributed by atoms with Gasteiger partial charge in [0.05, 0.1) is 5.92 Å². The summed E-state index contributed by atoms with van der Waals surface area (Å²) in [6, 6.07) is 14.7. The van der Waals surface area contributed by atoms with Crippen LogP contribution in [0.2, 0.25) is 0 Å². The molecule has 38 heavy (non-hydrogen) atoms. The van der Waals surface area contributed by atoms with Gasteiger partial charge in [0.1, 0.15) is 12.2 Å². The van der Waals surface area contributed by atoms with Crippen LogP contribution in [-0.4, -0.2) is 18.0 Å². The highest BCUT2D eigenvalue weighted by molar-refractivity contribution is 5.83. The Labute approximate surface area is 227 Å². The first-order valence-electron chi connectivity index (χ1n) is 14.7. The van der Waals surface area contributed by atoms with Crippen molar-refractivity contribution in [2.24, 2.45) is 34.5 Å². The molecule has 0 heterocycles. The Hall–Kier alpha value is -2.62. The lowest BCUT2D eigenvalue weighted by Gasteiger charge is -2.57. The van der Waals surface area contributed by atoms with Crippen LogP contribution in [0, 0.1) is 34.5 Å². The Morgan fingerprint density at radius 3 is 2.53 bits per heavy atom. The van der Waals surface area contributed by atoms with E-state index in [1.54, 1.807) is 0 Å². The molecule has 4 nitrogen and oxygen atoms in total. The first-order valence-corrected chi connectivity index (χ1v) is 14.7.